The zero-order valence-electron chi connectivity index (χ0n) is 11.0. The Kier molecular flexibility index (Phi) is 3.69. The van der Waals surface area contributed by atoms with Crippen molar-refractivity contribution in [2.24, 2.45) is 11.0 Å². The number of allylic oxidation sites excluding steroid dienone is 2. The maximum absolute atomic E-state index is 11.5. The topological polar surface area (TPSA) is 82.0 Å². The first-order valence-electron chi connectivity index (χ1n) is 6.20. The zero-order chi connectivity index (χ0) is 14.0. The molecule has 0 saturated carbocycles. The van der Waals surface area contributed by atoms with Gasteiger partial charge < -0.3 is 10.4 Å². The molecule has 19 heavy (non-hydrogen) atoms. The normalized spacial score (nSPS) is 22.3. The lowest BCUT2D eigenvalue weighted by molar-refractivity contribution is -0.137. The highest BCUT2D eigenvalue weighted by Crippen LogP contribution is 2.28. The summed E-state index contributed by atoms with van der Waals surface area (Å²) in [6, 6.07) is 0. The molecule has 0 aromatic carbocycles. The van der Waals surface area contributed by atoms with Gasteiger partial charge >= 0.3 is 5.97 Å². The van der Waals surface area contributed by atoms with Crippen LogP contribution in [0.3, 0.4) is 0 Å². The third-order valence-electron chi connectivity index (χ3n) is 3.22. The molecule has 0 saturated heterocycles. The first-order chi connectivity index (χ1) is 8.99. The van der Waals surface area contributed by atoms with Crippen molar-refractivity contribution in [3.8, 4) is 0 Å². The van der Waals surface area contributed by atoms with Crippen molar-refractivity contribution < 1.29 is 14.7 Å². The lowest BCUT2D eigenvalue weighted by atomic mass is 9.94. The Labute approximate surface area is 111 Å². The van der Waals surface area contributed by atoms with Gasteiger partial charge in [0.15, 0.2) is 5.78 Å². The highest BCUT2D eigenvalue weighted by Gasteiger charge is 2.26. The Morgan fingerprint density at radius 1 is 1.58 bits per heavy atom. The number of Topliss-reactive ketones (excluding diaryl/α,β-unsaturated/α-hetero) is 1. The molecule has 0 amide bonds. The second kappa shape index (κ2) is 5.26. The van der Waals surface area contributed by atoms with E-state index in [2.05, 4.69) is 17.3 Å². The molecule has 0 aromatic heterocycles. The van der Waals surface area contributed by atoms with Gasteiger partial charge in [-0.2, -0.15) is 5.10 Å². The molecular weight excluding hydrogens is 246 g/mol. The van der Waals surface area contributed by atoms with Crippen LogP contribution >= 0.6 is 0 Å². The van der Waals surface area contributed by atoms with E-state index >= 15 is 0 Å². The third-order valence-corrected chi connectivity index (χ3v) is 3.22. The number of rotatable bonds is 3. The molecule has 1 unspecified atom stereocenters. The van der Waals surface area contributed by atoms with Gasteiger partial charge in [0.2, 0.25) is 0 Å². The number of fused-ring (bicyclic) bond motifs is 1. The van der Waals surface area contributed by atoms with Gasteiger partial charge in [-0.1, -0.05) is 13.0 Å². The molecular formula is C13H17N3O3. The summed E-state index contributed by atoms with van der Waals surface area (Å²) < 4.78 is 0. The van der Waals surface area contributed by atoms with Gasteiger partial charge in [0, 0.05) is 32.0 Å². The van der Waals surface area contributed by atoms with E-state index in [1.54, 1.807) is 6.20 Å². The van der Waals surface area contributed by atoms with Crippen molar-refractivity contribution >= 4 is 17.5 Å². The third kappa shape index (κ3) is 2.83. The number of ketones is 1. The van der Waals surface area contributed by atoms with E-state index in [9.17, 15) is 9.59 Å². The fraction of sp³-hybridized carbons (Fsp3) is 0.462. The van der Waals surface area contributed by atoms with Crippen LogP contribution in [0.2, 0.25) is 0 Å². The van der Waals surface area contributed by atoms with Crippen molar-refractivity contribution in [3.63, 3.8) is 0 Å². The molecule has 6 nitrogen and oxygen atoms in total. The lowest BCUT2D eigenvalue weighted by Gasteiger charge is -2.29. The van der Waals surface area contributed by atoms with Gasteiger partial charge in [-0.25, -0.2) is 0 Å². The standard InChI is InChI=1S/C13H17N3O3/c1-8-5-14-6-12-10(8)3-4-11(9(2)17)15-16(12)7-13(18)19/h3,6,8,14H,4-5,7H2,1-2H3,(H,18,19). The molecule has 2 N–H and O–H groups in total. The van der Waals surface area contributed by atoms with Gasteiger partial charge in [-0.3, -0.25) is 14.6 Å². The SMILES string of the molecule is CC(=O)C1=NN(CC(=O)O)C2=CNCC(C)C2=CC1. The van der Waals surface area contributed by atoms with Crippen LogP contribution in [0.5, 0.6) is 0 Å². The van der Waals surface area contributed by atoms with Crippen LogP contribution in [0.25, 0.3) is 0 Å². The van der Waals surface area contributed by atoms with Crippen molar-refractivity contribution in [3.05, 3.63) is 23.5 Å². The lowest BCUT2D eigenvalue weighted by Crippen LogP contribution is -2.33. The number of nitrogens with one attached hydrogen (secondary N) is 1. The van der Waals surface area contributed by atoms with Crippen molar-refractivity contribution in [1.29, 1.82) is 0 Å². The predicted molar refractivity (Wildman–Crippen MR) is 70.4 cm³/mol. The van der Waals surface area contributed by atoms with E-state index in [0.29, 0.717) is 12.1 Å². The fourth-order valence-corrected chi connectivity index (χ4v) is 2.22. The average Bonchev–Trinajstić information content (AvgIpc) is 2.50. The highest BCUT2D eigenvalue weighted by atomic mass is 16.4. The Hall–Kier alpha value is -2.11. The second-order valence-electron chi connectivity index (χ2n) is 4.76. The number of nitrogens with zero attached hydrogens (tertiary/aromatic N) is 2. The summed E-state index contributed by atoms with van der Waals surface area (Å²) in [5.41, 5.74) is 2.16. The molecule has 0 fully saturated rings. The smallest absolute Gasteiger partial charge is 0.325 e. The van der Waals surface area contributed by atoms with Gasteiger partial charge in [-0.15, -0.1) is 0 Å². The summed E-state index contributed by atoms with van der Waals surface area (Å²) >= 11 is 0. The molecule has 0 aliphatic carbocycles. The number of aliphatic carboxylic acids is 1. The van der Waals surface area contributed by atoms with Crippen LogP contribution in [-0.2, 0) is 9.59 Å². The van der Waals surface area contributed by atoms with E-state index in [-0.39, 0.29) is 18.2 Å². The van der Waals surface area contributed by atoms with E-state index in [1.807, 2.05) is 6.08 Å². The van der Waals surface area contributed by atoms with Crippen molar-refractivity contribution in [2.75, 3.05) is 13.1 Å². The van der Waals surface area contributed by atoms with Crippen LogP contribution in [0.15, 0.2) is 28.6 Å². The molecule has 2 heterocycles. The largest absolute Gasteiger partial charge is 0.480 e. The highest BCUT2D eigenvalue weighted by molar-refractivity contribution is 6.39. The van der Waals surface area contributed by atoms with Crippen LogP contribution in [0.1, 0.15) is 20.3 Å². The summed E-state index contributed by atoms with van der Waals surface area (Å²) in [6.07, 6.45) is 4.18. The molecule has 2 aliphatic heterocycles. The molecule has 6 heteroatoms. The van der Waals surface area contributed by atoms with Gasteiger partial charge in [0.25, 0.3) is 0 Å². The van der Waals surface area contributed by atoms with Gasteiger partial charge in [-0.05, 0) is 5.57 Å². The Morgan fingerprint density at radius 3 is 2.95 bits per heavy atom. The molecule has 0 bridgehead atoms. The number of carboxylic acids is 1. The van der Waals surface area contributed by atoms with Crippen LogP contribution in [-0.4, -0.2) is 40.7 Å². The molecule has 102 valence electrons. The van der Waals surface area contributed by atoms with E-state index < -0.39 is 5.97 Å². The summed E-state index contributed by atoms with van der Waals surface area (Å²) in [7, 11) is 0. The summed E-state index contributed by atoms with van der Waals surface area (Å²) in [5, 5.41) is 17.7. The molecule has 0 aromatic rings. The minimum atomic E-state index is -0.980. The summed E-state index contributed by atoms with van der Waals surface area (Å²) in [4.78, 5) is 22.5. The number of carboxylic acid groups (broad SMARTS) is 1. The van der Waals surface area contributed by atoms with Gasteiger partial charge in [0.1, 0.15) is 12.3 Å². The second-order valence-corrected chi connectivity index (χ2v) is 4.76. The number of hydrogen-bond donors (Lipinski definition) is 2. The Bertz CT molecular complexity index is 505. The monoisotopic (exact) mass is 263 g/mol. The predicted octanol–water partition coefficient (Wildman–Crippen LogP) is 0.729. The molecule has 0 radical (unpaired) electrons. The molecule has 2 aliphatic rings. The van der Waals surface area contributed by atoms with Gasteiger partial charge in [0.05, 0.1) is 5.70 Å². The summed E-state index contributed by atoms with van der Waals surface area (Å²) in [6.45, 7) is 4.05. The quantitative estimate of drug-likeness (QED) is 0.784. The van der Waals surface area contributed by atoms with E-state index in [0.717, 1.165) is 17.8 Å². The first kappa shape index (κ1) is 13.3. The first-order valence-corrected chi connectivity index (χ1v) is 6.20. The number of carbonyl (C=O) groups excluding carboxylic acids is 1. The maximum Gasteiger partial charge on any atom is 0.325 e. The van der Waals surface area contributed by atoms with E-state index in [4.69, 9.17) is 5.11 Å². The molecule has 0 spiro atoms. The average molecular weight is 263 g/mol. The number of hydrogen-bond acceptors (Lipinski definition) is 5. The van der Waals surface area contributed by atoms with Crippen molar-refractivity contribution in [1.82, 2.24) is 10.3 Å². The van der Waals surface area contributed by atoms with Crippen molar-refractivity contribution in [2.45, 2.75) is 20.3 Å². The number of carbonyl (C=O) groups is 2. The zero-order valence-corrected chi connectivity index (χ0v) is 11.0. The maximum atomic E-state index is 11.5. The van der Waals surface area contributed by atoms with Crippen LogP contribution in [0, 0.1) is 5.92 Å². The van der Waals surface area contributed by atoms with Crippen LogP contribution in [0.4, 0.5) is 0 Å². The summed E-state index contributed by atoms with van der Waals surface area (Å²) in [5.74, 6) is -0.850. The molecule has 1 atom stereocenters. The van der Waals surface area contributed by atoms with E-state index in [1.165, 1.54) is 11.9 Å². The Balaban J connectivity index is 2.42. The Morgan fingerprint density at radius 2 is 2.32 bits per heavy atom. The molecule has 2 rings (SSSR count). The fourth-order valence-electron chi connectivity index (χ4n) is 2.22. The number of hydrazone groups is 1. The van der Waals surface area contributed by atoms with Crippen LogP contribution < -0.4 is 5.32 Å². The minimum absolute atomic E-state index is 0.132. The minimum Gasteiger partial charge on any atom is -0.480 e.